The van der Waals surface area contributed by atoms with E-state index in [0.29, 0.717) is 24.1 Å². The second kappa shape index (κ2) is 10.1. The molecule has 1 N–H and O–H groups in total. The molecule has 1 aliphatic rings. The molecular weight excluding hydrogens is 459 g/mol. The number of amides is 1. The molecule has 180 valence electrons. The fourth-order valence-corrected chi connectivity index (χ4v) is 5.04. The zero-order valence-corrected chi connectivity index (χ0v) is 19.1. The summed E-state index contributed by atoms with van der Waals surface area (Å²) in [6.07, 6.45) is -4.63. The van der Waals surface area contributed by atoms with Gasteiger partial charge < -0.3 is 10.1 Å². The Morgan fingerprint density at radius 3 is 2.39 bits per heavy atom. The number of carbonyl (C=O) groups is 1. The molecule has 2 aromatic carbocycles. The monoisotopic (exact) mass is 485 g/mol. The smallest absolute Gasteiger partial charge is 0.416 e. The topological polar surface area (TPSA) is 79.0 Å². The van der Waals surface area contributed by atoms with Crippen LogP contribution in [0.1, 0.15) is 19.4 Å². The lowest BCUT2D eigenvalue weighted by atomic mass is 10.2. The Labute approximate surface area is 191 Å². The van der Waals surface area contributed by atoms with Crippen LogP contribution in [0.5, 0.6) is 5.75 Å². The van der Waals surface area contributed by atoms with Crippen LogP contribution >= 0.6 is 0 Å². The number of benzene rings is 2. The third-order valence-electron chi connectivity index (χ3n) is 5.44. The van der Waals surface area contributed by atoms with Crippen molar-refractivity contribution in [2.45, 2.75) is 31.0 Å². The van der Waals surface area contributed by atoms with Crippen molar-refractivity contribution in [2.24, 2.45) is 0 Å². The van der Waals surface area contributed by atoms with Crippen LogP contribution in [-0.4, -0.2) is 62.4 Å². The molecule has 3 rings (SSSR count). The van der Waals surface area contributed by atoms with Gasteiger partial charge in [0.15, 0.2) is 0 Å². The van der Waals surface area contributed by atoms with Gasteiger partial charge in [-0.3, -0.25) is 9.69 Å². The number of sulfonamides is 1. The molecule has 1 saturated heterocycles. The Hall–Kier alpha value is -2.63. The van der Waals surface area contributed by atoms with E-state index in [9.17, 15) is 26.4 Å². The molecule has 1 heterocycles. The summed E-state index contributed by atoms with van der Waals surface area (Å²) in [6.45, 7) is 4.66. The van der Waals surface area contributed by atoms with Crippen LogP contribution in [0.4, 0.5) is 18.9 Å². The van der Waals surface area contributed by atoms with Crippen molar-refractivity contribution in [3.05, 3.63) is 54.1 Å². The number of anilines is 1. The Balaban J connectivity index is 1.64. The summed E-state index contributed by atoms with van der Waals surface area (Å²) < 4.78 is 71.3. The first-order chi connectivity index (χ1) is 15.5. The summed E-state index contributed by atoms with van der Waals surface area (Å²) in [7, 11) is -4.09. The van der Waals surface area contributed by atoms with Gasteiger partial charge in [-0.25, -0.2) is 8.42 Å². The van der Waals surface area contributed by atoms with Gasteiger partial charge >= 0.3 is 6.18 Å². The maximum absolute atomic E-state index is 13.0. The van der Waals surface area contributed by atoms with E-state index in [2.05, 4.69) is 5.32 Å². The molecule has 33 heavy (non-hydrogen) atoms. The Morgan fingerprint density at radius 2 is 1.76 bits per heavy atom. The van der Waals surface area contributed by atoms with Crippen molar-refractivity contribution in [2.75, 3.05) is 38.1 Å². The number of carbonyl (C=O) groups excluding carboxylic acids is 1. The van der Waals surface area contributed by atoms with Gasteiger partial charge in [0.25, 0.3) is 0 Å². The number of piperazine rings is 1. The summed E-state index contributed by atoms with van der Waals surface area (Å²) in [4.78, 5) is 14.2. The number of para-hydroxylation sites is 2. The Morgan fingerprint density at radius 1 is 1.09 bits per heavy atom. The first-order valence-electron chi connectivity index (χ1n) is 10.5. The third-order valence-corrected chi connectivity index (χ3v) is 7.34. The summed E-state index contributed by atoms with van der Waals surface area (Å²) in [5.74, 6) is 0.286. The Bertz CT molecular complexity index is 1080. The van der Waals surface area contributed by atoms with Crippen molar-refractivity contribution in [1.29, 1.82) is 0 Å². The minimum atomic E-state index is -4.63. The fourth-order valence-electron chi connectivity index (χ4n) is 3.57. The van der Waals surface area contributed by atoms with Crippen LogP contribution in [0, 0.1) is 0 Å². The number of nitrogens with one attached hydrogen (secondary N) is 1. The number of hydrogen-bond acceptors (Lipinski definition) is 5. The van der Waals surface area contributed by atoms with Crippen LogP contribution in [0.3, 0.4) is 0 Å². The predicted molar refractivity (Wildman–Crippen MR) is 117 cm³/mol. The second-order valence-corrected chi connectivity index (χ2v) is 9.50. The van der Waals surface area contributed by atoms with Crippen LogP contribution in [-0.2, 0) is 21.0 Å². The average molecular weight is 486 g/mol. The second-order valence-electron chi connectivity index (χ2n) is 7.56. The molecule has 11 heteroatoms. The van der Waals surface area contributed by atoms with E-state index in [4.69, 9.17) is 4.74 Å². The number of rotatable bonds is 7. The molecule has 0 radical (unpaired) electrons. The lowest BCUT2D eigenvalue weighted by Crippen LogP contribution is -2.53. The minimum Gasteiger partial charge on any atom is -0.492 e. The van der Waals surface area contributed by atoms with E-state index in [-0.39, 0.29) is 32.1 Å². The van der Waals surface area contributed by atoms with E-state index >= 15 is 0 Å². The third kappa shape index (κ3) is 5.84. The number of alkyl halides is 3. The van der Waals surface area contributed by atoms with Gasteiger partial charge in [0.1, 0.15) is 5.75 Å². The standard InChI is InChI=1S/C22H26F3N3O4S/c1-3-32-20-10-5-4-9-19(20)26-21(29)16(2)27-11-13-28(14-12-27)33(30,31)18-8-6-7-17(15-18)22(23,24)25/h4-10,15-16H,3,11-14H2,1-2H3,(H,26,29). The number of halogens is 3. The Kier molecular flexibility index (Phi) is 7.65. The molecular formula is C22H26F3N3O4S. The van der Waals surface area contributed by atoms with E-state index in [1.165, 1.54) is 0 Å². The molecule has 1 amide bonds. The molecule has 0 saturated carbocycles. The highest BCUT2D eigenvalue weighted by Crippen LogP contribution is 2.31. The number of ether oxygens (including phenoxy) is 1. The van der Waals surface area contributed by atoms with Crippen molar-refractivity contribution >= 4 is 21.6 Å². The molecule has 0 aliphatic carbocycles. The summed E-state index contributed by atoms with van der Waals surface area (Å²) >= 11 is 0. The quantitative estimate of drug-likeness (QED) is 0.650. The zero-order chi connectivity index (χ0) is 24.2. The highest BCUT2D eigenvalue weighted by Gasteiger charge is 2.35. The molecule has 2 aromatic rings. The maximum Gasteiger partial charge on any atom is 0.416 e. The number of nitrogens with zero attached hydrogens (tertiary/aromatic N) is 2. The van der Waals surface area contributed by atoms with Gasteiger partial charge in [-0.15, -0.1) is 0 Å². The van der Waals surface area contributed by atoms with Crippen molar-refractivity contribution < 1.29 is 31.1 Å². The van der Waals surface area contributed by atoms with Gasteiger partial charge in [-0.2, -0.15) is 17.5 Å². The molecule has 1 aliphatic heterocycles. The molecule has 1 fully saturated rings. The van der Waals surface area contributed by atoms with Crippen molar-refractivity contribution in [1.82, 2.24) is 9.21 Å². The first kappa shape index (κ1) is 25.0. The normalized spacial score (nSPS) is 16.9. The maximum atomic E-state index is 13.0. The molecule has 0 spiro atoms. The van der Waals surface area contributed by atoms with Crippen LogP contribution in [0.15, 0.2) is 53.4 Å². The van der Waals surface area contributed by atoms with Gasteiger partial charge in [-0.1, -0.05) is 18.2 Å². The van der Waals surface area contributed by atoms with Crippen LogP contribution < -0.4 is 10.1 Å². The van der Waals surface area contributed by atoms with Gasteiger partial charge in [0.05, 0.1) is 28.8 Å². The van der Waals surface area contributed by atoms with Gasteiger partial charge in [-0.05, 0) is 44.2 Å². The first-order valence-corrected chi connectivity index (χ1v) is 11.9. The highest BCUT2D eigenvalue weighted by atomic mass is 32.2. The van der Waals surface area contributed by atoms with Crippen molar-refractivity contribution in [3.63, 3.8) is 0 Å². The number of hydrogen-bond donors (Lipinski definition) is 1. The van der Waals surface area contributed by atoms with Gasteiger partial charge in [0.2, 0.25) is 15.9 Å². The lowest BCUT2D eigenvalue weighted by molar-refractivity contribution is -0.137. The van der Waals surface area contributed by atoms with E-state index in [1.54, 1.807) is 31.2 Å². The van der Waals surface area contributed by atoms with Gasteiger partial charge in [0, 0.05) is 26.2 Å². The summed E-state index contributed by atoms with van der Waals surface area (Å²) in [6, 6.07) is 10.2. The predicted octanol–water partition coefficient (Wildman–Crippen LogP) is 3.44. The molecule has 7 nitrogen and oxygen atoms in total. The largest absolute Gasteiger partial charge is 0.492 e. The minimum absolute atomic E-state index is 0.0612. The SMILES string of the molecule is CCOc1ccccc1NC(=O)C(C)N1CCN(S(=O)(=O)c2cccc(C(F)(F)F)c2)CC1. The lowest BCUT2D eigenvalue weighted by Gasteiger charge is -2.36. The fraction of sp³-hybridized carbons (Fsp3) is 0.409. The summed E-state index contributed by atoms with van der Waals surface area (Å²) in [5, 5.41) is 2.84. The molecule has 1 unspecified atom stereocenters. The van der Waals surface area contributed by atoms with Crippen molar-refractivity contribution in [3.8, 4) is 5.75 Å². The molecule has 1 atom stereocenters. The highest BCUT2D eigenvalue weighted by molar-refractivity contribution is 7.89. The zero-order valence-electron chi connectivity index (χ0n) is 18.3. The molecule has 0 aromatic heterocycles. The van der Waals surface area contributed by atoms with Crippen LogP contribution in [0.25, 0.3) is 0 Å². The van der Waals surface area contributed by atoms with E-state index in [1.807, 2.05) is 11.8 Å². The summed E-state index contributed by atoms with van der Waals surface area (Å²) in [5.41, 5.74) is -0.471. The molecule has 0 bridgehead atoms. The van der Waals surface area contributed by atoms with E-state index < -0.39 is 32.7 Å². The average Bonchev–Trinajstić information content (AvgIpc) is 2.79. The van der Waals surface area contributed by atoms with E-state index in [0.717, 1.165) is 22.5 Å². The van der Waals surface area contributed by atoms with Crippen LogP contribution in [0.2, 0.25) is 0 Å².